The fourth-order valence-corrected chi connectivity index (χ4v) is 1.72. The van der Waals surface area contributed by atoms with Crippen molar-refractivity contribution >= 4 is 23.6 Å². The van der Waals surface area contributed by atoms with Crippen LogP contribution in [0.3, 0.4) is 0 Å². The van der Waals surface area contributed by atoms with E-state index in [0.29, 0.717) is 5.84 Å². The third-order valence-corrected chi connectivity index (χ3v) is 3.34. The zero-order chi connectivity index (χ0) is 12.8. The number of hydrogen-bond donors (Lipinski definition) is 3. The minimum atomic E-state index is -1.35. The number of carbonyl (C=O) groups is 1. The molecule has 7 heteroatoms. The number of carboxylic acid groups (broad SMARTS) is 1. The quantitative estimate of drug-likeness (QED) is 0.444. The van der Waals surface area contributed by atoms with Crippen LogP contribution in [0.1, 0.15) is 13.8 Å². The molecule has 0 aliphatic carbocycles. The van der Waals surface area contributed by atoms with Crippen molar-refractivity contribution in [1.29, 1.82) is 0 Å². The second kappa shape index (κ2) is 6.70. The van der Waals surface area contributed by atoms with Crippen LogP contribution in [0.4, 0.5) is 4.39 Å². The third-order valence-electron chi connectivity index (χ3n) is 1.82. The molecule has 0 aliphatic rings. The van der Waals surface area contributed by atoms with E-state index in [2.05, 4.69) is 4.99 Å². The molecular weight excluding hydrogens is 233 g/mol. The van der Waals surface area contributed by atoms with Gasteiger partial charge in [-0.15, -0.1) is 0 Å². The first kappa shape index (κ1) is 15.2. The first-order chi connectivity index (χ1) is 7.29. The molecule has 0 rings (SSSR count). The Morgan fingerprint density at radius 3 is 2.62 bits per heavy atom. The van der Waals surface area contributed by atoms with Crippen LogP contribution in [0.15, 0.2) is 4.99 Å². The fraction of sp³-hybridized carbons (Fsp3) is 0.778. The molecule has 0 radical (unpaired) electrons. The Labute approximate surface area is 98.5 Å². The lowest BCUT2D eigenvalue weighted by Gasteiger charge is -2.20. The summed E-state index contributed by atoms with van der Waals surface area (Å²) >= 11 is 1.16. The number of nitrogens with two attached hydrogens (primary N) is 2. The van der Waals surface area contributed by atoms with Gasteiger partial charge in [0, 0.05) is 5.75 Å². The molecule has 5 N–H and O–H groups in total. The van der Waals surface area contributed by atoms with Crippen LogP contribution >= 0.6 is 11.8 Å². The highest BCUT2D eigenvalue weighted by molar-refractivity contribution is 8.00. The molecule has 0 aromatic rings. The summed E-state index contributed by atoms with van der Waals surface area (Å²) < 4.78 is 12.6. The maximum atomic E-state index is 12.6. The minimum Gasteiger partial charge on any atom is -0.480 e. The maximum Gasteiger partial charge on any atom is 0.324 e. The van der Waals surface area contributed by atoms with Gasteiger partial charge in [0.15, 0.2) is 0 Å². The molecule has 0 aromatic heterocycles. The lowest BCUT2D eigenvalue weighted by molar-refractivity contribution is -0.141. The van der Waals surface area contributed by atoms with Crippen LogP contribution in [-0.4, -0.2) is 46.7 Å². The van der Waals surface area contributed by atoms with Gasteiger partial charge in [0.1, 0.15) is 12.2 Å². The van der Waals surface area contributed by atoms with Gasteiger partial charge in [0.2, 0.25) is 0 Å². The smallest absolute Gasteiger partial charge is 0.324 e. The Hall–Kier alpha value is -0.820. The number of amidine groups is 1. The summed E-state index contributed by atoms with van der Waals surface area (Å²) in [5.41, 5.74) is 9.49. The molecular formula is C9H18FN3O2S. The average Bonchev–Trinajstić information content (AvgIpc) is 2.17. The average molecular weight is 251 g/mol. The number of alkyl halides is 1. The molecule has 0 amide bonds. The van der Waals surface area contributed by atoms with E-state index in [1.54, 1.807) is 6.92 Å². The number of hydrogen-bond acceptors (Lipinski definition) is 4. The molecule has 2 atom stereocenters. The van der Waals surface area contributed by atoms with E-state index in [-0.39, 0.29) is 12.3 Å². The van der Waals surface area contributed by atoms with Crippen LogP contribution < -0.4 is 11.5 Å². The molecule has 0 spiro atoms. The molecule has 2 unspecified atom stereocenters. The second-order valence-electron chi connectivity index (χ2n) is 3.79. The van der Waals surface area contributed by atoms with E-state index in [4.69, 9.17) is 16.6 Å². The molecule has 0 aliphatic heterocycles. The highest BCUT2D eigenvalue weighted by atomic mass is 32.2. The second-order valence-corrected chi connectivity index (χ2v) is 5.08. The van der Waals surface area contributed by atoms with Gasteiger partial charge in [0.05, 0.1) is 17.6 Å². The molecule has 0 saturated heterocycles. The molecule has 0 heterocycles. The van der Waals surface area contributed by atoms with Crippen molar-refractivity contribution in [2.45, 2.75) is 24.6 Å². The van der Waals surface area contributed by atoms with E-state index in [9.17, 15) is 9.18 Å². The van der Waals surface area contributed by atoms with E-state index >= 15 is 0 Å². The van der Waals surface area contributed by atoms with E-state index in [0.717, 1.165) is 11.8 Å². The minimum absolute atomic E-state index is 0.135. The molecule has 0 fully saturated rings. The summed E-state index contributed by atoms with van der Waals surface area (Å²) in [6.07, 6.45) is 0. The Kier molecular flexibility index (Phi) is 6.35. The number of aliphatic imine (C=N–C) groups is 1. The van der Waals surface area contributed by atoms with Gasteiger partial charge in [-0.1, -0.05) is 0 Å². The topological polar surface area (TPSA) is 102 Å². The van der Waals surface area contributed by atoms with Crippen LogP contribution in [0.2, 0.25) is 0 Å². The number of halogens is 1. The van der Waals surface area contributed by atoms with Gasteiger partial charge in [-0.05, 0) is 13.8 Å². The van der Waals surface area contributed by atoms with Crippen LogP contribution in [0, 0.1) is 0 Å². The highest BCUT2D eigenvalue weighted by Crippen LogP contribution is 2.17. The Balaban J connectivity index is 4.15. The molecule has 0 aromatic carbocycles. The molecule has 0 saturated carbocycles. The van der Waals surface area contributed by atoms with Crippen molar-refractivity contribution < 1.29 is 14.3 Å². The summed E-state index contributed by atoms with van der Waals surface area (Å²) in [7, 11) is 0. The van der Waals surface area contributed by atoms with Crippen molar-refractivity contribution in [2.75, 3.05) is 19.0 Å². The lowest BCUT2D eigenvalue weighted by Crippen LogP contribution is -2.47. The number of carboxylic acids is 1. The van der Waals surface area contributed by atoms with Crippen molar-refractivity contribution in [3.8, 4) is 0 Å². The van der Waals surface area contributed by atoms with E-state index < -0.39 is 23.4 Å². The normalized spacial score (nSPS) is 17.9. The zero-order valence-corrected chi connectivity index (χ0v) is 10.3. The first-order valence-electron chi connectivity index (χ1n) is 4.76. The highest BCUT2D eigenvalue weighted by Gasteiger charge is 2.29. The van der Waals surface area contributed by atoms with Crippen LogP contribution in [0.5, 0.6) is 0 Å². The molecule has 5 nitrogen and oxygen atoms in total. The van der Waals surface area contributed by atoms with E-state index in [1.807, 2.05) is 0 Å². The van der Waals surface area contributed by atoms with Crippen molar-refractivity contribution in [2.24, 2.45) is 16.5 Å². The summed E-state index contributed by atoms with van der Waals surface area (Å²) in [6, 6.07) is 0. The van der Waals surface area contributed by atoms with Gasteiger partial charge in [-0.3, -0.25) is 9.79 Å². The SMILES string of the molecule is CC(N)=NCC(CF)SCC(C)(N)C(=O)O. The van der Waals surface area contributed by atoms with Gasteiger partial charge in [-0.25, -0.2) is 4.39 Å². The number of rotatable bonds is 7. The van der Waals surface area contributed by atoms with Crippen molar-refractivity contribution in [1.82, 2.24) is 0 Å². The largest absolute Gasteiger partial charge is 0.480 e. The predicted octanol–water partition coefficient (Wildman–Crippen LogP) is 0.237. The van der Waals surface area contributed by atoms with Crippen molar-refractivity contribution in [3.63, 3.8) is 0 Å². The van der Waals surface area contributed by atoms with Gasteiger partial charge in [-0.2, -0.15) is 11.8 Å². The Morgan fingerprint density at radius 1 is 1.69 bits per heavy atom. The monoisotopic (exact) mass is 251 g/mol. The lowest BCUT2D eigenvalue weighted by atomic mass is 10.1. The third kappa shape index (κ3) is 5.92. The first-order valence-corrected chi connectivity index (χ1v) is 5.81. The standard InChI is InChI=1S/C9H18FN3O2S/c1-6(11)13-4-7(3-10)16-5-9(2,12)8(14)15/h7H,3-5,12H2,1-2H3,(H2,11,13)(H,14,15). The van der Waals surface area contributed by atoms with Gasteiger partial charge in [0.25, 0.3) is 0 Å². The van der Waals surface area contributed by atoms with Crippen LogP contribution in [0.25, 0.3) is 0 Å². The van der Waals surface area contributed by atoms with Crippen molar-refractivity contribution in [3.05, 3.63) is 0 Å². The number of thioether (sulfide) groups is 1. The predicted molar refractivity (Wildman–Crippen MR) is 64.6 cm³/mol. The summed E-state index contributed by atoms with van der Waals surface area (Å²) in [5.74, 6) is -0.584. The van der Waals surface area contributed by atoms with Gasteiger partial charge >= 0.3 is 5.97 Å². The Bertz CT molecular complexity index is 267. The molecule has 16 heavy (non-hydrogen) atoms. The Morgan fingerprint density at radius 2 is 2.25 bits per heavy atom. The molecule has 0 bridgehead atoms. The summed E-state index contributed by atoms with van der Waals surface area (Å²) in [6.45, 7) is 2.66. The van der Waals surface area contributed by atoms with Crippen LogP contribution in [-0.2, 0) is 4.79 Å². The number of nitrogens with zero attached hydrogens (tertiary/aromatic N) is 1. The number of aliphatic carboxylic acids is 1. The zero-order valence-electron chi connectivity index (χ0n) is 9.44. The summed E-state index contributed by atoms with van der Waals surface area (Å²) in [5, 5.41) is 8.36. The van der Waals surface area contributed by atoms with E-state index in [1.165, 1.54) is 6.92 Å². The fourth-order valence-electron chi connectivity index (χ4n) is 0.745. The molecule has 94 valence electrons. The van der Waals surface area contributed by atoms with Gasteiger partial charge < -0.3 is 16.6 Å². The summed E-state index contributed by atoms with van der Waals surface area (Å²) in [4.78, 5) is 14.6. The maximum absolute atomic E-state index is 12.6.